The lowest BCUT2D eigenvalue weighted by molar-refractivity contribution is -0.156. The first-order valence-electron chi connectivity index (χ1n) is 14.3. The van der Waals surface area contributed by atoms with E-state index in [1.165, 1.54) is 25.7 Å². The predicted octanol–water partition coefficient (Wildman–Crippen LogP) is 6.93. The molecule has 0 bridgehead atoms. The number of benzene rings is 2. The summed E-state index contributed by atoms with van der Waals surface area (Å²) in [5.74, 6) is 2.22. The van der Waals surface area contributed by atoms with Crippen molar-refractivity contribution >= 4 is 12.0 Å². The summed E-state index contributed by atoms with van der Waals surface area (Å²) in [6.45, 7) is 4.91. The average Bonchev–Trinajstić information content (AvgIpc) is 3.62. The maximum atomic E-state index is 12.1. The summed E-state index contributed by atoms with van der Waals surface area (Å²) in [4.78, 5) is 12.1. The Morgan fingerprint density at radius 3 is 2.00 bits per heavy atom. The highest BCUT2D eigenvalue weighted by Gasteiger charge is 2.21. The lowest BCUT2D eigenvalue weighted by Gasteiger charge is -2.17. The quantitative estimate of drug-likeness (QED) is 0.251. The first-order valence-corrected chi connectivity index (χ1v) is 14.3. The number of hydrogen-bond acceptors (Lipinski definition) is 6. The number of carbonyl (C=O) groups excluding carboxylic acids is 1. The van der Waals surface area contributed by atoms with Crippen molar-refractivity contribution in [2.45, 2.75) is 89.9 Å². The minimum absolute atomic E-state index is 0.306. The molecule has 0 aromatic heterocycles. The fourth-order valence-electron chi connectivity index (χ4n) is 5.13. The number of carbonyl (C=O) groups is 1. The van der Waals surface area contributed by atoms with Crippen molar-refractivity contribution in [3.63, 3.8) is 0 Å². The lowest BCUT2D eigenvalue weighted by atomic mass is 10.1. The van der Waals surface area contributed by atoms with E-state index in [0.717, 1.165) is 54.1 Å². The Kier molecular flexibility index (Phi) is 10.9. The van der Waals surface area contributed by atoms with E-state index >= 15 is 0 Å². The van der Waals surface area contributed by atoms with Crippen LogP contribution < -0.4 is 14.2 Å². The largest absolute Gasteiger partial charge is 0.490 e. The summed E-state index contributed by atoms with van der Waals surface area (Å²) in [6, 6.07) is 14.0. The molecule has 0 heterocycles. The second-order valence-corrected chi connectivity index (χ2v) is 10.0. The van der Waals surface area contributed by atoms with Crippen LogP contribution in [0.2, 0.25) is 0 Å². The van der Waals surface area contributed by atoms with Crippen LogP contribution in [0.4, 0.5) is 0 Å². The molecule has 1 unspecified atom stereocenters. The molecule has 0 saturated heterocycles. The van der Waals surface area contributed by atoms with Gasteiger partial charge in [0.2, 0.25) is 0 Å². The summed E-state index contributed by atoms with van der Waals surface area (Å²) in [7, 11) is 0. The molecule has 2 aromatic carbocycles. The molecule has 2 saturated carbocycles. The zero-order valence-corrected chi connectivity index (χ0v) is 22.9. The summed E-state index contributed by atoms with van der Waals surface area (Å²) >= 11 is 0. The van der Waals surface area contributed by atoms with Gasteiger partial charge in [-0.2, -0.15) is 0 Å². The van der Waals surface area contributed by atoms with E-state index in [1.807, 2.05) is 43.3 Å². The maximum absolute atomic E-state index is 12.1. The molecule has 6 nitrogen and oxygen atoms in total. The minimum atomic E-state index is -0.592. The van der Waals surface area contributed by atoms with Crippen molar-refractivity contribution in [1.82, 2.24) is 0 Å². The zero-order chi connectivity index (χ0) is 26.6. The zero-order valence-electron chi connectivity index (χ0n) is 22.9. The second-order valence-electron chi connectivity index (χ2n) is 10.0. The fraction of sp³-hybridized carbons (Fsp3) is 0.531. The molecule has 2 fully saturated rings. The van der Waals surface area contributed by atoms with Crippen molar-refractivity contribution in [2.24, 2.45) is 0 Å². The Bertz CT molecular complexity index is 982. The number of hydrogen-bond donors (Lipinski definition) is 0. The van der Waals surface area contributed by atoms with E-state index in [2.05, 4.69) is 18.2 Å². The molecule has 0 amide bonds. The molecular weight excluding hydrogens is 480 g/mol. The molecule has 2 aromatic rings. The van der Waals surface area contributed by atoms with Gasteiger partial charge in [0.25, 0.3) is 0 Å². The van der Waals surface area contributed by atoms with Crippen LogP contribution in [0.15, 0.2) is 48.5 Å². The molecule has 1 atom stereocenters. The number of ether oxygens (including phenoxy) is 5. The third-order valence-corrected chi connectivity index (χ3v) is 7.03. The highest BCUT2D eigenvalue weighted by molar-refractivity contribution is 5.75. The van der Waals surface area contributed by atoms with Crippen molar-refractivity contribution < 1.29 is 28.5 Å². The van der Waals surface area contributed by atoms with Crippen LogP contribution in [0.3, 0.4) is 0 Å². The molecule has 0 radical (unpaired) electrons. The summed E-state index contributed by atoms with van der Waals surface area (Å²) in [5, 5.41) is 0. The van der Waals surface area contributed by atoms with Crippen LogP contribution in [-0.4, -0.2) is 44.1 Å². The van der Waals surface area contributed by atoms with E-state index in [-0.39, 0.29) is 5.97 Å². The SMILES string of the molecule is CCOC(=O)C(Cc1ccc(OC/C=C/c2cc(OC3CCCC3)cc(OC3CCCC3)c2)cc1)OCC. The Morgan fingerprint density at radius 2 is 1.45 bits per heavy atom. The lowest BCUT2D eigenvalue weighted by Crippen LogP contribution is -2.28. The molecule has 0 aliphatic heterocycles. The van der Waals surface area contributed by atoms with E-state index in [9.17, 15) is 4.79 Å². The van der Waals surface area contributed by atoms with Gasteiger partial charge in [0.1, 0.15) is 23.9 Å². The van der Waals surface area contributed by atoms with E-state index in [1.54, 1.807) is 6.92 Å². The van der Waals surface area contributed by atoms with E-state index in [0.29, 0.717) is 38.4 Å². The van der Waals surface area contributed by atoms with Gasteiger partial charge in [-0.1, -0.05) is 18.2 Å². The smallest absolute Gasteiger partial charge is 0.335 e. The molecule has 4 rings (SSSR count). The van der Waals surface area contributed by atoms with Crippen LogP contribution in [0.5, 0.6) is 17.2 Å². The predicted molar refractivity (Wildman–Crippen MR) is 149 cm³/mol. The highest BCUT2D eigenvalue weighted by atomic mass is 16.6. The number of rotatable bonds is 14. The van der Waals surface area contributed by atoms with Crippen LogP contribution in [0, 0.1) is 0 Å². The third-order valence-electron chi connectivity index (χ3n) is 7.03. The minimum Gasteiger partial charge on any atom is -0.490 e. The molecule has 2 aliphatic rings. The topological polar surface area (TPSA) is 63.2 Å². The summed E-state index contributed by atoms with van der Waals surface area (Å²) in [5.41, 5.74) is 2.04. The van der Waals surface area contributed by atoms with Gasteiger partial charge in [0.05, 0.1) is 18.8 Å². The van der Waals surface area contributed by atoms with Gasteiger partial charge >= 0.3 is 5.97 Å². The second kappa shape index (κ2) is 14.8. The first kappa shape index (κ1) is 28.0. The molecule has 206 valence electrons. The number of esters is 1. The maximum Gasteiger partial charge on any atom is 0.335 e. The highest BCUT2D eigenvalue weighted by Crippen LogP contribution is 2.31. The normalized spacial score (nSPS) is 17.1. The Hall–Kier alpha value is -2.99. The third kappa shape index (κ3) is 8.80. The van der Waals surface area contributed by atoms with Gasteiger partial charge in [0.15, 0.2) is 6.10 Å². The van der Waals surface area contributed by atoms with Crippen molar-refractivity contribution in [3.05, 3.63) is 59.7 Å². The Morgan fingerprint density at radius 1 is 0.842 bits per heavy atom. The average molecular weight is 523 g/mol. The van der Waals surface area contributed by atoms with Crippen molar-refractivity contribution in [2.75, 3.05) is 19.8 Å². The standard InChI is InChI=1S/C32H42O6/c1-3-34-31(32(33)35-4-2)22-24-15-17-26(18-16-24)36-19-9-10-25-20-29(37-27-11-5-6-12-27)23-30(21-25)38-28-13-7-8-14-28/h9-10,15-18,20-21,23,27-28,31H,3-8,11-14,19,22H2,1-2H3/b10-9+. The molecule has 38 heavy (non-hydrogen) atoms. The Balaban J connectivity index is 1.33. The molecule has 6 heteroatoms. The van der Waals surface area contributed by atoms with E-state index in [4.69, 9.17) is 23.7 Å². The first-order chi connectivity index (χ1) is 18.6. The van der Waals surface area contributed by atoms with Crippen LogP contribution in [0.25, 0.3) is 6.08 Å². The van der Waals surface area contributed by atoms with Gasteiger partial charge in [-0.3, -0.25) is 0 Å². The van der Waals surface area contributed by atoms with Crippen LogP contribution in [0.1, 0.15) is 76.3 Å². The molecule has 2 aliphatic carbocycles. The summed E-state index contributed by atoms with van der Waals surface area (Å²) in [6.07, 6.45) is 14.0. The van der Waals surface area contributed by atoms with E-state index < -0.39 is 6.10 Å². The van der Waals surface area contributed by atoms with Gasteiger partial charge < -0.3 is 23.7 Å². The Labute approximate surface area is 227 Å². The van der Waals surface area contributed by atoms with Gasteiger partial charge in [0, 0.05) is 19.1 Å². The van der Waals surface area contributed by atoms with Crippen LogP contribution >= 0.6 is 0 Å². The van der Waals surface area contributed by atoms with Gasteiger partial charge in [-0.15, -0.1) is 0 Å². The van der Waals surface area contributed by atoms with Crippen molar-refractivity contribution in [1.29, 1.82) is 0 Å². The van der Waals surface area contributed by atoms with Crippen molar-refractivity contribution in [3.8, 4) is 17.2 Å². The van der Waals surface area contributed by atoms with Gasteiger partial charge in [-0.25, -0.2) is 4.79 Å². The van der Waals surface area contributed by atoms with Gasteiger partial charge in [-0.05, 0) is 107 Å². The fourth-order valence-corrected chi connectivity index (χ4v) is 5.13. The van der Waals surface area contributed by atoms with Crippen LogP contribution in [-0.2, 0) is 20.7 Å². The summed E-state index contributed by atoms with van der Waals surface area (Å²) < 4.78 is 29.2. The molecular formula is C32H42O6. The monoisotopic (exact) mass is 522 g/mol. The molecule has 0 spiro atoms. The molecule has 0 N–H and O–H groups in total.